The van der Waals surface area contributed by atoms with Gasteiger partial charge in [-0.3, -0.25) is 4.79 Å². The molecule has 0 bridgehead atoms. The summed E-state index contributed by atoms with van der Waals surface area (Å²) in [7, 11) is 0. The highest BCUT2D eigenvalue weighted by atomic mass is 35.5. The molecule has 1 amide bonds. The molecule has 2 aromatic rings. The monoisotopic (exact) mass is 332 g/mol. The molecule has 0 fully saturated rings. The number of anilines is 1. The van der Waals surface area contributed by atoms with Crippen LogP contribution in [0.1, 0.15) is 30.5 Å². The van der Waals surface area contributed by atoms with Crippen LogP contribution < -0.4 is 11.1 Å². The van der Waals surface area contributed by atoms with Crippen molar-refractivity contribution >= 4 is 24.0 Å². The molecule has 0 aliphatic rings. The van der Waals surface area contributed by atoms with E-state index in [-0.39, 0.29) is 18.3 Å². The maximum atomic E-state index is 12.5. The largest absolute Gasteiger partial charge is 0.399 e. The zero-order valence-corrected chi connectivity index (χ0v) is 14.7. The number of nitrogens with two attached hydrogens (primary N) is 1. The summed E-state index contributed by atoms with van der Waals surface area (Å²) in [6.45, 7) is 6.60. The van der Waals surface area contributed by atoms with Crippen molar-refractivity contribution in [3.63, 3.8) is 0 Å². The van der Waals surface area contributed by atoms with Crippen molar-refractivity contribution in [2.45, 2.75) is 32.6 Å². The predicted molar refractivity (Wildman–Crippen MR) is 99.0 cm³/mol. The molecule has 0 saturated heterocycles. The number of amides is 1. The number of benzene rings is 2. The molecular formula is C19H25ClN2O. The fraction of sp³-hybridized carbons (Fsp3) is 0.316. The third-order valence-corrected chi connectivity index (χ3v) is 4.07. The van der Waals surface area contributed by atoms with Gasteiger partial charge in [-0.1, -0.05) is 36.4 Å². The lowest BCUT2D eigenvalue weighted by Crippen LogP contribution is -2.41. The summed E-state index contributed by atoms with van der Waals surface area (Å²) < 4.78 is 0. The number of nitrogens with one attached hydrogen (secondary N) is 1. The van der Waals surface area contributed by atoms with Gasteiger partial charge in [0, 0.05) is 12.2 Å². The van der Waals surface area contributed by atoms with E-state index in [4.69, 9.17) is 5.73 Å². The van der Waals surface area contributed by atoms with Crippen LogP contribution in [0.15, 0.2) is 48.5 Å². The molecule has 0 radical (unpaired) electrons. The van der Waals surface area contributed by atoms with Crippen LogP contribution in [-0.4, -0.2) is 12.5 Å². The first kappa shape index (κ1) is 19.0. The summed E-state index contributed by atoms with van der Waals surface area (Å²) in [5.41, 5.74) is 9.27. The van der Waals surface area contributed by atoms with Gasteiger partial charge in [0.05, 0.1) is 5.41 Å². The van der Waals surface area contributed by atoms with Crippen LogP contribution in [0.5, 0.6) is 0 Å². The third kappa shape index (κ3) is 4.73. The summed E-state index contributed by atoms with van der Waals surface area (Å²) in [6.07, 6.45) is 0.801. The fourth-order valence-electron chi connectivity index (χ4n) is 2.62. The third-order valence-electron chi connectivity index (χ3n) is 4.07. The number of rotatable bonds is 5. The van der Waals surface area contributed by atoms with Crippen molar-refractivity contribution in [3.05, 3.63) is 65.2 Å². The van der Waals surface area contributed by atoms with Gasteiger partial charge in [0.25, 0.3) is 0 Å². The van der Waals surface area contributed by atoms with Gasteiger partial charge in [-0.25, -0.2) is 0 Å². The Bertz CT molecular complexity index is 651. The maximum absolute atomic E-state index is 12.5. The standard InChI is InChI=1S/C19H24N2O.ClH/c1-14-6-4-5-7-17(14)19(2,3)18(22)21-13-12-15-8-10-16(20)11-9-15;/h4-11H,12-13,20H2,1-3H3,(H,21,22);1H. The normalized spacial score (nSPS) is 10.7. The maximum Gasteiger partial charge on any atom is 0.230 e. The van der Waals surface area contributed by atoms with Crippen LogP contribution in [0.4, 0.5) is 5.69 Å². The number of halogens is 1. The number of aryl methyl sites for hydroxylation is 1. The molecule has 3 nitrogen and oxygen atoms in total. The molecule has 4 heteroatoms. The Labute approximate surface area is 144 Å². The molecule has 0 aliphatic heterocycles. The molecule has 0 aliphatic carbocycles. The molecular weight excluding hydrogens is 308 g/mol. The quantitative estimate of drug-likeness (QED) is 0.821. The highest BCUT2D eigenvalue weighted by Crippen LogP contribution is 2.26. The summed E-state index contributed by atoms with van der Waals surface area (Å²) >= 11 is 0. The van der Waals surface area contributed by atoms with Gasteiger partial charge in [-0.05, 0) is 56.0 Å². The highest BCUT2D eigenvalue weighted by molar-refractivity contribution is 5.87. The Morgan fingerprint density at radius 2 is 1.70 bits per heavy atom. The summed E-state index contributed by atoms with van der Waals surface area (Å²) in [5.74, 6) is 0.0530. The second-order valence-corrected chi connectivity index (χ2v) is 6.19. The van der Waals surface area contributed by atoms with Crippen LogP contribution in [0.25, 0.3) is 0 Å². The predicted octanol–water partition coefficient (Wildman–Crippen LogP) is 3.64. The molecule has 0 unspecified atom stereocenters. The molecule has 124 valence electrons. The average Bonchev–Trinajstić information content (AvgIpc) is 2.49. The number of carbonyl (C=O) groups is 1. The van der Waals surface area contributed by atoms with E-state index in [1.54, 1.807) is 0 Å². The van der Waals surface area contributed by atoms with E-state index >= 15 is 0 Å². The van der Waals surface area contributed by atoms with E-state index in [0.717, 1.165) is 23.2 Å². The summed E-state index contributed by atoms with van der Waals surface area (Å²) in [4.78, 5) is 12.5. The van der Waals surface area contributed by atoms with E-state index < -0.39 is 5.41 Å². The van der Waals surface area contributed by atoms with E-state index in [2.05, 4.69) is 5.32 Å². The molecule has 0 spiro atoms. The van der Waals surface area contributed by atoms with Crippen molar-refractivity contribution in [2.24, 2.45) is 0 Å². The topological polar surface area (TPSA) is 55.1 Å². The lowest BCUT2D eigenvalue weighted by atomic mass is 9.81. The number of nitrogen functional groups attached to an aromatic ring is 1. The zero-order chi connectivity index (χ0) is 16.2. The molecule has 23 heavy (non-hydrogen) atoms. The Balaban J connectivity index is 0.00000264. The first-order valence-corrected chi connectivity index (χ1v) is 7.60. The van der Waals surface area contributed by atoms with Crippen molar-refractivity contribution in [2.75, 3.05) is 12.3 Å². The van der Waals surface area contributed by atoms with Crippen molar-refractivity contribution in [3.8, 4) is 0 Å². The number of hydrogen-bond donors (Lipinski definition) is 2. The Morgan fingerprint density at radius 3 is 2.30 bits per heavy atom. The molecule has 2 aromatic carbocycles. The van der Waals surface area contributed by atoms with Crippen LogP contribution in [0.3, 0.4) is 0 Å². The SMILES string of the molecule is Cc1ccccc1C(C)(C)C(=O)NCCc1ccc(N)cc1.Cl. The summed E-state index contributed by atoms with van der Waals surface area (Å²) in [6, 6.07) is 15.8. The van der Waals surface area contributed by atoms with Crippen molar-refractivity contribution in [1.29, 1.82) is 0 Å². The zero-order valence-electron chi connectivity index (χ0n) is 13.9. The minimum absolute atomic E-state index is 0. The minimum atomic E-state index is -0.535. The Morgan fingerprint density at radius 1 is 1.09 bits per heavy atom. The first-order chi connectivity index (χ1) is 10.4. The van der Waals surface area contributed by atoms with E-state index in [1.165, 1.54) is 5.56 Å². The van der Waals surface area contributed by atoms with Crippen LogP contribution in [0.2, 0.25) is 0 Å². The van der Waals surface area contributed by atoms with Gasteiger partial charge in [0.15, 0.2) is 0 Å². The lowest BCUT2D eigenvalue weighted by molar-refractivity contribution is -0.125. The highest BCUT2D eigenvalue weighted by Gasteiger charge is 2.30. The molecule has 0 aromatic heterocycles. The van der Waals surface area contributed by atoms with Gasteiger partial charge in [-0.2, -0.15) is 0 Å². The average molecular weight is 333 g/mol. The molecule has 0 saturated carbocycles. The number of carbonyl (C=O) groups excluding carboxylic acids is 1. The molecule has 0 atom stereocenters. The van der Waals surface area contributed by atoms with Gasteiger partial charge in [0.1, 0.15) is 0 Å². The first-order valence-electron chi connectivity index (χ1n) is 7.60. The van der Waals surface area contributed by atoms with Crippen LogP contribution >= 0.6 is 12.4 Å². The van der Waals surface area contributed by atoms with Gasteiger partial charge < -0.3 is 11.1 Å². The molecule has 0 heterocycles. The van der Waals surface area contributed by atoms with Crippen molar-refractivity contribution in [1.82, 2.24) is 5.32 Å². The fourth-order valence-corrected chi connectivity index (χ4v) is 2.62. The van der Waals surface area contributed by atoms with Crippen LogP contribution in [-0.2, 0) is 16.6 Å². The minimum Gasteiger partial charge on any atom is -0.399 e. The lowest BCUT2D eigenvalue weighted by Gasteiger charge is -2.26. The Kier molecular flexibility index (Phi) is 6.64. The van der Waals surface area contributed by atoms with Gasteiger partial charge in [-0.15, -0.1) is 12.4 Å². The smallest absolute Gasteiger partial charge is 0.230 e. The van der Waals surface area contributed by atoms with E-state index in [1.807, 2.05) is 69.3 Å². The second kappa shape index (κ2) is 8.02. The van der Waals surface area contributed by atoms with Crippen molar-refractivity contribution < 1.29 is 4.79 Å². The van der Waals surface area contributed by atoms with Gasteiger partial charge in [0.2, 0.25) is 5.91 Å². The molecule has 3 N–H and O–H groups in total. The second-order valence-electron chi connectivity index (χ2n) is 6.19. The van der Waals surface area contributed by atoms with E-state index in [9.17, 15) is 4.79 Å². The van der Waals surface area contributed by atoms with Crippen LogP contribution in [0, 0.1) is 6.92 Å². The summed E-state index contributed by atoms with van der Waals surface area (Å²) in [5, 5.41) is 3.04. The number of hydrogen-bond acceptors (Lipinski definition) is 2. The Hall–Kier alpha value is -2.00. The van der Waals surface area contributed by atoms with E-state index in [0.29, 0.717) is 6.54 Å². The van der Waals surface area contributed by atoms with Gasteiger partial charge >= 0.3 is 0 Å². The molecule has 2 rings (SSSR count).